The Labute approximate surface area is 173 Å². The number of aryl methyl sites for hydroxylation is 1. The molecule has 0 bridgehead atoms. The number of rotatable bonds is 5. The average molecular weight is 407 g/mol. The molecule has 1 amide bonds. The maximum atomic E-state index is 13.2. The second-order valence-corrected chi connectivity index (χ2v) is 7.15. The highest BCUT2D eigenvalue weighted by molar-refractivity contribution is 5.92. The molecule has 1 N–H and O–H groups in total. The first-order chi connectivity index (χ1) is 14.4. The number of nitrogens with zero attached hydrogens (tertiary/aromatic N) is 2. The Hall–Kier alpha value is -3.61. The molecule has 1 aliphatic rings. The molecule has 1 aliphatic heterocycles. The van der Waals surface area contributed by atoms with Crippen LogP contribution in [0.2, 0.25) is 0 Å². The van der Waals surface area contributed by atoms with E-state index >= 15 is 0 Å². The van der Waals surface area contributed by atoms with Gasteiger partial charge in [0.1, 0.15) is 5.82 Å². The zero-order valence-electron chi connectivity index (χ0n) is 17.0. The van der Waals surface area contributed by atoms with E-state index in [4.69, 9.17) is 9.47 Å². The van der Waals surface area contributed by atoms with Crippen molar-refractivity contribution in [3.05, 3.63) is 76.9 Å². The molecule has 1 atom stereocenters. The topological polar surface area (TPSA) is 65.4 Å². The van der Waals surface area contributed by atoms with E-state index in [9.17, 15) is 9.18 Å². The maximum absolute atomic E-state index is 13.2. The lowest BCUT2D eigenvalue weighted by atomic mass is 10.1. The number of nitrogens with one attached hydrogen (secondary N) is 1. The largest absolute Gasteiger partial charge is 0.454 e. The summed E-state index contributed by atoms with van der Waals surface area (Å²) in [5.41, 5.74) is 4.19. The number of amides is 1. The zero-order chi connectivity index (χ0) is 21.3. The monoisotopic (exact) mass is 407 g/mol. The summed E-state index contributed by atoms with van der Waals surface area (Å²) in [6.07, 6.45) is 3.24. The maximum Gasteiger partial charge on any atom is 0.244 e. The van der Waals surface area contributed by atoms with Crippen LogP contribution in [-0.2, 0) is 4.79 Å². The number of ether oxygens (including phenoxy) is 2. The molecule has 0 aliphatic carbocycles. The van der Waals surface area contributed by atoms with E-state index in [2.05, 4.69) is 10.4 Å². The van der Waals surface area contributed by atoms with Gasteiger partial charge in [0.15, 0.2) is 11.5 Å². The van der Waals surface area contributed by atoms with Crippen LogP contribution in [0.1, 0.15) is 35.5 Å². The Bertz CT molecular complexity index is 1120. The van der Waals surface area contributed by atoms with Crippen LogP contribution in [-0.4, -0.2) is 22.5 Å². The van der Waals surface area contributed by atoms with Crippen molar-refractivity contribution in [2.24, 2.45) is 0 Å². The predicted molar refractivity (Wildman–Crippen MR) is 111 cm³/mol. The Kier molecular flexibility index (Phi) is 5.27. The Morgan fingerprint density at radius 2 is 1.90 bits per heavy atom. The Morgan fingerprint density at radius 1 is 1.17 bits per heavy atom. The summed E-state index contributed by atoms with van der Waals surface area (Å²) in [5, 5.41) is 7.47. The number of halogens is 1. The average Bonchev–Trinajstić information content (AvgIpc) is 3.30. The minimum Gasteiger partial charge on any atom is -0.454 e. The third kappa shape index (κ3) is 3.91. The van der Waals surface area contributed by atoms with Gasteiger partial charge in [-0.25, -0.2) is 9.07 Å². The number of benzene rings is 2. The van der Waals surface area contributed by atoms with E-state index in [1.165, 1.54) is 18.2 Å². The van der Waals surface area contributed by atoms with E-state index in [1.807, 2.05) is 39.0 Å². The van der Waals surface area contributed by atoms with Gasteiger partial charge >= 0.3 is 0 Å². The number of carbonyl (C=O) groups is 1. The van der Waals surface area contributed by atoms with Crippen molar-refractivity contribution in [1.82, 2.24) is 15.1 Å². The molecule has 7 heteroatoms. The van der Waals surface area contributed by atoms with Crippen molar-refractivity contribution in [2.75, 3.05) is 6.79 Å². The molecule has 1 unspecified atom stereocenters. The van der Waals surface area contributed by atoms with Crippen LogP contribution >= 0.6 is 0 Å². The Balaban J connectivity index is 1.47. The van der Waals surface area contributed by atoms with Gasteiger partial charge in [0, 0.05) is 17.3 Å². The molecule has 30 heavy (non-hydrogen) atoms. The Morgan fingerprint density at radius 3 is 2.67 bits per heavy atom. The van der Waals surface area contributed by atoms with Crippen molar-refractivity contribution >= 4 is 12.0 Å². The number of aromatic nitrogens is 2. The van der Waals surface area contributed by atoms with Gasteiger partial charge in [-0.15, -0.1) is 0 Å². The fourth-order valence-electron chi connectivity index (χ4n) is 3.42. The second-order valence-electron chi connectivity index (χ2n) is 7.15. The van der Waals surface area contributed by atoms with Crippen LogP contribution in [0.25, 0.3) is 11.8 Å². The predicted octanol–water partition coefficient (Wildman–Crippen LogP) is 4.25. The second kappa shape index (κ2) is 8.02. The van der Waals surface area contributed by atoms with Crippen molar-refractivity contribution in [1.29, 1.82) is 0 Å². The minimum atomic E-state index is -0.298. The van der Waals surface area contributed by atoms with Gasteiger partial charge in [0.2, 0.25) is 12.7 Å². The highest BCUT2D eigenvalue weighted by Gasteiger charge is 2.16. The van der Waals surface area contributed by atoms with E-state index in [-0.39, 0.29) is 24.6 Å². The van der Waals surface area contributed by atoms with E-state index < -0.39 is 0 Å². The lowest BCUT2D eigenvalue weighted by molar-refractivity contribution is -0.117. The lowest BCUT2D eigenvalue weighted by Crippen LogP contribution is -2.24. The third-order valence-electron chi connectivity index (χ3n) is 5.08. The quantitative estimate of drug-likeness (QED) is 0.643. The summed E-state index contributed by atoms with van der Waals surface area (Å²) in [4.78, 5) is 12.4. The molecule has 1 aromatic heterocycles. The zero-order valence-corrected chi connectivity index (χ0v) is 17.0. The molecule has 0 spiro atoms. The van der Waals surface area contributed by atoms with E-state index in [0.717, 1.165) is 28.2 Å². The van der Waals surface area contributed by atoms with Crippen molar-refractivity contribution in [2.45, 2.75) is 26.8 Å². The van der Waals surface area contributed by atoms with E-state index in [1.54, 1.807) is 22.9 Å². The summed E-state index contributed by atoms with van der Waals surface area (Å²) in [7, 11) is 0. The van der Waals surface area contributed by atoms with Gasteiger partial charge in [-0.05, 0) is 68.8 Å². The standard InChI is InChI=1S/C23H22FN3O3/c1-14(17-4-10-21-22(12-17)30-13-29-21)25-23(28)11-9-20-15(2)26-27(16(20)3)19-7-5-18(24)6-8-19/h4-12,14H,13H2,1-3H3,(H,25,28)/b11-9+. The first kappa shape index (κ1) is 19.7. The molecule has 0 radical (unpaired) electrons. The molecule has 2 heterocycles. The third-order valence-corrected chi connectivity index (χ3v) is 5.08. The summed E-state index contributed by atoms with van der Waals surface area (Å²) in [6.45, 7) is 5.91. The summed E-state index contributed by atoms with van der Waals surface area (Å²) in [6, 6.07) is 11.6. The molecule has 154 valence electrons. The number of carbonyl (C=O) groups excluding carboxylic acids is 1. The van der Waals surface area contributed by atoms with Gasteiger partial charge in [-0.2, -0.15) is 5.10 Å². The fraction of sp³-hybridized carbons (Fsp3) is 0.217. The van der Waals surface area contributed by atoms with Crippen LogP contribution in [0, 0.1) is 19.7 Å². The van der Waals surface area contributed by atoms with Gasteiger partial charge in [-0.1, -0.05) is 6.07 Å². The normalized spacial score (nSPS) is 13.6. The highest BCUT2D eigenvalue weighted by atomic mass is 19.1. The molecule has 2 aromatic carbocycles. The molecular weight excluding hydrogens is 385 g/mol. The molecule has 0 saturated heterocycles. The van der Waals surface area contributed by atoms with Crippen LogP contribution < -0.4 is 14.8 Å². The molecule has 3 aromatic rings. The van der Waals surface area contributed by atoms with Crippen LogP contribution in [0.3, 0.4) is 0 Å². The van der Waals surface area contributed by atoms with Gasteiger partial charge in [0.05, 0.1) is 17.4 Å². The van der Waals surface area contributed by atoms with Crippen LogP contribution in [0.5, 0.6) is 11.5 Å². The first-order valence-electron chi connectivity index (χ1n) is 9.62. The van der Waals surface area contributed by atoms with Gasteiger partial charge in [0.25, 0.3) is 0 Å². The van der Waals surface area contributed by atoms with Crippen LogP contribution in [0.15, 0.2) is 48.5 Å². The van der Waals surface area contributed by atoms with E-state index in [0.29, 0.717) is 11.5 Å². The highest BCUT2D eigenvalue weighted by Crippen LogP contribution is 2.34. The lowest BCUT2D eigenvalue weighted by Gasteiger charge is -2.13. The molecule has 6 nitrogen and oxygen atoms in total. The van der Waals surface area contributed by atoms with Crippen LogP contribution in [0.4, 0.5) is 4.39 Å². The number of hydrogen-bond acceptors (Lipinski definition) is 4. The molecule has 0 fully saturated rings. The number of fused-ring (bicyclic) bond motifs is 1. The summed E-state index contributed by atoms with van der Waals surface area (Å²) >= 11 is 0. The molecule has 4 rings (SSSR count). The van der Waals surface area contributed by atoms with Crippen molar-refractivity contribution in [3.63, 3.8) is 0 Å². The SMILES string of the molecule is Cc1nn(-c2ccc(F)cc2)c(C)c1/C=C/C(=O)NC(C)c1ccc2c(c1)OCO2. The smallest absolute Gasteiger partial charge is 0.244 e. The molecule has 0 saturated carbocycles. The summed E-state index contributed by atoms with van der Waals surface area (Å²) in [5.74, 6) is 0.882. The number of hydrogen-bond donors (Lipinski definition) is 1. The summed E-state index contributed by atoms with van der Waals surface area (Å²) < 4.78 is 25.6. The van der Waals surface area contributed by atoms with Crippen molar-refractivity contribution < 1.29 is 18.7 Å². The minimum absolute atomic E-state index is 0.194. The van der Waals surface area contributed by atoms with Crippen molar-refractivity contribution in [3.8, 4) is 17.2 Å². The fourth-order valence-corrected chi connectivity index (χ4v) is 3.42. The van der Waals surface area contributed by atoms with Gasteiger partial charge in [-0.3, -0.25) is 4.79 Å². The van der Waals surface area contributed by atoms with Gasteiger partial charge < -0.3 is 14.8 Å². The molecular formula is C23H22FN3O3. The first-order valence-corrected chi connectivity index (χ1v) is 9.62.